The molecule has 110 valence electrons. The normalized spacial score (nSPS) is 16.8. The molecule has 0 atom stereocenters. The SMILES string of the molecule is NC1(C(=O)NCc2ccc(-c3ccn[nH]3)cc2)CCCC1. The quantitative estimate of drug-likeness (QED) is 0.802. The zero-order valence-electron chi connectivity index (χ0n) is 11.9. The third-order valence-electron chi connectivity index (χ3n) is 4.17. The second-order valence-corrected chi connectivity index (χ2v) is 5.71. The topological polar surface area (TPSA) is 83.8 Å². The van der Waals surface area contributed by atoms with E-state index in [0.29, 0.717) is 6.54 Å². The molecule has 0 unspecified atom stereocenters. The van der Waals surface area contributed by atoms with Crippen molar-refractivity contribution in [1.29, 1.82) is 0 Å². The third-order valence-corrected chi connectivity index (χ3v) is 4.17. The summed E-state index contributed by atoms with van der Waals surface area (Å²) in [5.74, 6) is -0.0300. The van der Waals surface area contributed by atoms with Gasteiger partial charge < -0.3 is 11.1 Å². The molecule has 5 heteroatoms. The van der Waals surface area contributed by atoms with Crippen LogP contribution in [0, 0.1) is 0 Å². The highest BCUT2D eigenvalue weighted by Crippen LogP contribution is 2.27. The fourth-order valence-electron chi connectivity index (χ4n) is 2.81. The summed E-state index contributed by atoms with van der Waals surface area (Å²) in [5, 5.41) is 9.82. The van der Waals surface area contributed by atoms with Crippen LogP contribution in [0.1, 0.15) is 31.2 Å². The van der Waals surface area contributed by atoms with Gasteiger partial charge in [0, 0.05) is 12.7 Å². The lowest BCUT2D eigenvalue weighted by Crippen LogP contribution is -2.51. The maximum Gasteiger partial charge on any atom is 0.240 e. The van der Waals surface area contributed by atoms with Crippen LogP contribution in [0.4, 0.5) is 0 Å². The third kappa shape index (κ3) is 2.97. The van der Waals surface area contributed by atoms with E-state index in [1.807, 2.05) is 30.3 Å². The summed E-state index contributed by atoms with van der Waals surface area (Å²) in [6.45, 7) is 0.515. The number of amides is 1. The second-order valence-electron chi connectivity index (χ2n) is 5.71. The van der Waals surface area contributed by atoms with E-state index in [2.05, 4.69) is 15.5 Å². The standard InChI is InChI=1S/C16H20N4O/c17-16(8-1-2-9-16)15(21)18-11-12-3-5-13(6-4-12)14-7-10-19-20-14/h3-7,10H,1-2,8-9,11,17H2,(H,18,21)(H,19,20). The van der Waals surface area contributed by atoms with E-state index >= 15 is 0 Å². The number of aromatic nitrogens is 2. The molecule has 5 nitrogen and oxygen atoms in total. The summed E-state index contributed by atoms with van der Waals surface area (Å²) < 4.78 is 0. The van der Waals surface area contributed by atoms with Gasteiger partial charge in [-0.2, -0.15) is 5.10 Å². The van der Waals surface area contributed by atoms with Gasteiger partial charge in [0.2, 0.25) is 5.91 Å². The van der Waals surface area contributed by atoms with Crippen molar-refractivity contribution in [1.82, 2.24) is 15.5 Å². The lowest BCUT2D eigenvalue weighted by Gasteiger charge is -2.22. The van der Waals surface area contributed by atoms with Gasteiger partial charge in [-0.1, -0.05) is 37.1 Å². The Bertz CT molecular complexity index is 598. The molecule has 1 amide bonds. The van der Waals surface area contributed by atoms with Gasteiger partial charge in [0.05, 0.1) is 11.2 Å². The number of nitrogens with one attached hydrogen (secondary N) is 2. The van der Waals surface area contributed by atoms with Crippen LogP contribution in [-0.2, 0) is 11.3 Å². The van der Waals surface area contributed by atoms with Crippen LogP contribution in [0.3, 0.4) is 0 Å². The molecule has 0 spiro atoms. The molecule has 1 aromatic carbocycles. The predicted molar refractivity (Wildman–Crippen MR) is 81.3 cm³/mol. The number of aromatic amines is 1. The molecule has 1 aliphatic carbocycles. The first kappa shape index (κ1) is 13.8. The van der Waals surface area contributed by atoms with Gasteiger partial charge >= 0.3 is 0 Å². The monoisotopic (exact) mass is 284 g/mol. The van der Waals surface area contributed by atoms with E-state index in [1.54, 1.807) is 6.20 Å². The van der Waals surface area contributed by atoms with Crippen LogP contribution < -0.4 is 11.1 Å². The highest BCUT2D eigenvalue weighted by atomic mass is 16.2. The Morgan fingerprint density at radius 1 is 1.24 bits per heavy atom. The lowest BCUT2D eigenvalue weighted by atomic mass is 9.98. The summed E-state index contributed by atoms with van der Waals surface area (Å²) in [6.07, 6.45) is 5.40. The average Bonchev–Trinajstić information content (AvgIpc) is 3.17. The highest BCUT2D eigenvalue weighted by molar-refractivity contribution is 5.86. The summed E-state index contributed by atoms with van der Waals surface area (Å²) >= 11 is 0. The summed E-state index contributed by atoms with van der Waals surface area (Å²) in [5.41, 5.74) is 8.60. The average molecular weight is 284 g/mol. The van der Waals surface area contributed by atoms with Gasteiger partial charge in [-0.05, 0) is 30.0 Å². The van der Waals surface area contributed by atoms with Crippen molar-refractivity contribution >= 4 is 5.91 Å². The Hall–Kier alpha value is -2.14. The maximum absolute atomic E-state index is 12.1. The number of nitrogens with zero attached hydrogens (tertiary/aromatic N) is 1. The molecule has 4 N–H and O–H groups in total. The van der Waals surface area contributed by atoms with Crippen molar-refractivity contribution in [2.24, 2.45) is 5.73 Å². The number of rotatable bonds is 4. The minimum Gasteiger partial charge on any atom is -0.350 e. The van der Waals surface area contributed by atoms with Crippen LogP contribution in [-0.4, -0.2) is 21.6 Å². The minimum absolute atomic E-state index is 0.0300. The van der Waals surface area contributed by atoms with Gasteiger partial charge in [0.25, 0.3) is 0 Å². The fourth-order valence-corrected chi connectivity index (χ4v) is 2.81. The van der Waals surface area contributed by atoms with Crippen LogP contribution in [0.25, 0.3) is 11.3 Å². The Morgan fingerprint density at radius 3 is 2.57 bits per heavy atom. The zero-order valence-corrected chi connectivity index (χ0v) is 11.9. The largest absolute Gasteiger partial charge is 0.350 e. The Morgan fingerprint density at radius 2 is 1.95 bits per heavy atom. The number of carbonyl (C=O) groups excluding carboxylic acids is 1. The summed E-state index contributed by atoms with van der Waals surface area (Å²) in [4.78, 5) is 12.1. The number of hydrogen-bond donors (Lipinski definition) is 3. The molecule has 0 aliphatic heterocycles. The molecular formula is C16H20N4O. The van der Waals surface area contributed by atoms with E-state index in [9.17, 15) is 4.79 Å². The van der Waals surface area contributed by atoms with Crippen LogP contribution >= 0.6 is 0 Å². The maximum atomic E-state index is 12.1. The molecule has 1 heterocycles. The Labute approximate surface area is 123 Å². The van der Waals surface area contributed by atoms with Crippen molar-refractivity contribution in [2.45, 2.75) is 37.8 Å². The number of nitrogens with two attached hydrogens (primary N) is 1. The Balaban J connectivity index is 1.60. The first-order valence-electron chi connectivity index (χ1n) is 7.33. The van der Waals surface area contributed by atoms with Crippen molar-refractivity contribution in [3.8, 4) is 11.3 Å². The van der Waals surface area contributed by atoms with Crippen LogP contribution in [0.15, 0.2) is 36.5 Å². The van der Waals surface area contributed by atoms with Gasteiger partial charge in [-0.3, -0.25) is 9.89 Å². The highest BCUT2D eigenvalue weighted by Gasteiger charge is 2.36. The van der Waals surface area contributed by atoms with Crippen molar-refractivity contribution < 1.29 is 4.79 Å². The van der Waals surface area contributed by atoms with Crippen molar-refractivity contribution in [2.75, 3.05) is 0 Å². The van der Waals surface area contributed by atoms with Gasteiger partial charge in [-0.25, -0.2) is 0 Å². The first-order valence-corrected chi connectivity index (χ1v) is 7.33. The second kappa shape index (κ2) is 5.69. The van der Waals surface area contributed by atoms with Crippen LogP contribution in [0.2, 0.25) is 0 Å². The summed E-state index contributed by atoms with van der Waals surface area (Å²) in [7, 11) is 0. The molecular weight excluding hydrogens is 264 g/mol. The molecule has 2 aromatic rings. The van der Waals surface area contributed by atoms with E-state index < -0.39 is 5.54 Å². The molecule has 0 radical (unpaired) electrons. The van der Waals surface area contributed by atoms with Gasteiger partial charge in [0.15, 0.2) is 0 Å². The molecule has 1 fully saturated rings. The van der Waals surface area contributed by atoms with E-state index in [4.69, 9.17) is 5.73 Å². The van der Waals surface area contributed by atoms with E-state index in [0.717, 1.165) is 42.5 Å². The lowest BCUT2D eigenvalue weighted by molar-refractivity contribution is -0.126. The first-order chi connectivity index (χ1) is 10.2. The molecule has 0 bridgehead atoms. The molecule has 0 saturated heterocycles. The van der Waals surface area contributed by atoms with Crippen molar-refractivity contribution in [3.05, 3.63) is 42.1 Å². The number of benzene rings is 1. The Kier molecular flexibility index (Phi) is 3.75. The molecule has 3 rings (SSSR count). The summed E-state index contributed by atoms with van der Waals surface area (Å²) in [6, 6.07) is 9.98. The van der Waals surface area contributed by atoms with E-state index in [-0.39, 0.29) is 5.91 Å². The zero-order chi connectivity index (χ0) is 14.7. The van der Waals surface area contributed by atoms with Gasteiger partial charge in [-0.15, -0.1) is 0 Å². The number of hydrogen-bond acceptors (Lipinski definition) is 3. The number of H-pyrrole nitrogens is 1. The molecule has 21 heavy (non-hydrogen) atoms. The predicted octanol–water partition coefficient (Wildman–Crippen LogP) is 1.96. The molecule has 1 aromatic heterocycles. The molecule has 1 aliphatic rings. The fraction of sp³-hybridized carbons (Fsp3) is 0.375. The smallest absolute Gasteiger partial charge is 0.240 e. The number of carbonyl (C=O) groups is 1. The molecule has 1 saturated carbocycles. The van der Waals surface area contributed by atoms with Crippen LogP contribution in [0.5, 0.6) is 0 Å². The minimum atomic E-state index is -0.657. The van der Waals surface area contributed by atoms with Crippen molar-refractivity contribution in [3.63, 3.8) is 0 Å². The van der Waals surface area contributed by atoms with E-state index in [1.165, 1.54) is 0 Å². The van der Waals surface area contributed by atoms with Gasteiger partial charge in [0.1, 0.15) is 0 Å².